The van der Waals surface area contributed by atoms with Crippen molar-refractivity contribution in [1.29, 1.82) is 0 Å². The largest absolute Gasteiger partial charge is 0.352 e. The number of carbonyl (C=O) groups is 1. The van der Waals surface area contributed by atoms with Gasteiger partial charge in [0.05, 0.1) is 12.2 Å². The number of carbonyl (C=O) groups excluding carboxylic acids is 1. The minimum Gasteiger partial charge on any atom is -0.337 e. The van der Waals surface area contributed by atoms with E-state index in [2.05, 4.69) is 5.10 Å². The molecule has 1 amide bonds. The number of amides is 1. The number of hydrogen-bond acceptors (Lipinski definition) is 4. The smallest absolute Gasteiger partial charge is 0.337 e. The lowest BCUT2D eigenvalue weighted by molar-refractivity contribution is 0.0781. The number of aromatic nitrogens is 3. The van der Waals surface area contributed by atoms with Crippen molar-refractivity contribution in [3.63, 3.8) is 0 Å². The Bertz CT molecular complexity index is 1270. The maximum absolute atomic E-state index is 13.3. The van der Waals surface area contributed by atoms with Gasteiger partial charge in [-0.1, -0.05) is 47.5 Å². The van der Waals surface area contributed by atoms with Crippen molar-refractivity contribution in [2.24, 2.45) is 0 Å². The minimum atomic E-state index is -0.683. The number of likely N-dealkylation sites (tertiary alicyclic amines) is 1. The van der Waals surface area contributed by atoms with Crippen LogP contribution in [0.5, 0.6) is 0 Å². The molecule has 0 radical (unpaired) electrons. The molecule has 0 atom stereocenters. The number of benzene rings is 2. The van der Waals surface area contributed by atoms with Crippen LogP contribution in [-0.2, 0) is 6.54 Å². The van der Waals surface area contributed by atoms with E-state index in [4.69, 9.17) is 11.6 Å². The zero-order valence-corrected chi connectivity index (χ0v) is 18.2. The van der Waals surface area contributed by atoms with Crippen LogP contribution in [0, 0.1) is 13.8 Å². The number of nitrogens with zero attached hydrogens (tertiary/aromatic N) is 4. The van der Waals surface area contributed by atoms with E-state index < -0.39 is 17.2 Å². The molecule has 0 spiro atoms. The maximum atomic E-state index is 13.3. The summed E-state index contributed by atoms with van der Waals surface area (Å²) in [5.74, 6) is -0.451. The predicted molar refractivity (Wildman–Crippen MR) is 119 cm³/mol. The first-order chi connectivity index (χ1) is 14.8. The van der Waals surface area contributed by atoms with Gasteiger partial charge in [0.2, 0.25) is 5.69 Å². The van der Waals surface area contributed by atoms with Crippen LogP contribution in [0.15, 0.2) is 52.1 Å². The lowest BCUT2D eigenvalue weighted by Crippen LogP contribution is -2.46. The van der Waals surface area contributed by atoms with Gasteiger partial charge in [-0.2, -0.15) is 9.78 Å². The van der Waals surface area contributed by atoms with E-state index in [1.54, 1.807) is 23.1 Å². The standard InChI is InChI=1S/C23H23ClN4O3/c1-15-6-5-7-17(12-15)14-27-22(30)20(21(29)26-10-3-4-11-26)25-28(23(27)31)18-9-8-16(2)19(24)13-18/h5-9,12-13H,3-4,10-11,14H2,1-2H3. The molecule has 7 nitrogen and oxygen atoms in total. The molecular formula is C23H23ClN4O3. The topological polar surface area (TPSA) is 77.2 Å². The van der Waals surface area contributed by atoms with Gasteiger partial charge in [-0.15, -0.1) is 0 Å². The highest BCUT2D eigenvalue weighted by molar-refractivity contribution is 6.31. The summed E-state index contributed by atoms with van der Waals surface area (Å²) in [4.78, 5) is 41.1. The average molecular weight is 439 g/mol. The highest BCUT2D eigenvalue weighted by Gasteiger charge is 2.26. The van der Waals surface area contributed by atoms with Gasteiger partial charge in [0.25, 0.3) is 11.5 Å². The van der Waals surface area contributed by atoms with E-state index in [1.165, 1.54) is 0 Å². The fraction of sp³-hybridized carbons (Fsp3) is 0.304. The molecule has 1 fully saturated rings. The van der Waals surface area contributed by atoms with Crippen molar-refractivity contribution in [3.8, 4) is 5.69 Å². The molecule has 0 N–H and O–H groups in total. The molecule has 0 unspecified atom stereocenters. The number of hydrogen-bond donors (Lipinski definition) is 0. The van der Waals surface area contributed by atoms with Crippen molar-refractivity contribution in [2.45, 2.75) is 33.2 Å². The molecule has 160 valence electrons. The quantitative estimate of drug-likeness (QED) is 0.627. The van der Waals surface area contributed by atoms with Gasteiger partial charge < -0.3 is 4.90 Å². The van der Waals surface area contributed by atoms with Gasteiger partial charge in [-0.05, 0) is 49.9 Å². The molecule has 0 bridgehead atoms. The van der Waals surface area contributed by atoms with E-state index in [9.17, 15) is 14.4 Å². The van der Waals surface area contributed by atoms with E-state index in [-0.39, 0.29) is 12.2 Å². The Morgan fingerprint density at radius 3 is 2.48 bits per heavy atom. The van der Waals surface area contributed by atoms with Gasteiger partial charge in [0.1, 0.15) is 0 Å². The zero-order valence-electron chi connectivity index (χ0n) is 17.5. The number of rotatable bonds is 4. The summed E-state index contributed by atoms with van der Waals surface area (Å²) >= 11 is 6.25. The SMILES string of the molecule is Cc1cccc(Cn2c(=O)c(C(=O)N3CCCC3)nn(-c3ccc(C)c(Cl)c3)c2=O)c1. The number of halogens is 1. The fourth-order valence-corrected chi connectivity index (χ4v) is 3.91. The maximum Gasteiger partial charge on any atom is 0.352 e. The summed E-state index contributed by atoms with van der Waals surface area (Å²) < 4.78 is 2.16. The first-order valence-corrected chi connectivity index (χ1v) is 10.6. The Kier molecular flexibility index (Phi) is 5.78. The third-order valence-electron chi connectivity index (χ3n) is 5.48. The molecule has 0 saturated carbocycles. The average Bonchev–Trinajstić information content (AvgIpc) is 3.28. The first kappa shape index (κ1) is 21.1. The molecular weight excluding hydrogens is 416 g/mol. The molecule has 8 heteroatoms. The molecule has 2 heterocycles. The highest BCUT2D eigenvalue weighted by atomic mass is 35.5. The van der Waals surface area contributed by atoms with Crippen LogP contribution in [0.1, 0.15) is 40.0 Å². The summed E-state index contributed by atoms with van der Waals surface area (Å²) in [6.07, 6.45) is 1.77. The molecule has 1 aromatic heterocycles. The van der Waals surface area contributed by atoms with Gasteiger partial charge in [-0.3, -0.25) is 14.2 Å². The summed E-state index contributed by atoms with van der Waals surface area (Å²) in [6, 6.07) is 12.6. The zero-order chi connectivity index (χ0) is 22.1. The molecule has 3 aromatic rings. The molecule has 1 saturated heterocycles. The van der Waals surface area contributed by atoms with Crippen LogP contribution in [-0.4, -0.2) is 38.2 Å². The van der Waals surface area contributed by atoms with Crippen LogP contribution >= 0.6 is 11.6 Å². The molecule has 31 heavy (non-hydrogen) atoms. The molecule has 4 rings (SSSR count). The highest BCUT2D eigenvalue weighted by Crippen LogP contribution is 2.18. The van der Waals surface area contributed by atoms with E-state index in [1.807, 2.05) is 38.1 Å². The van der Waals surface area contributed by atoms with Gasteiger partial charge in [-0.25, -0.2) is 4.79 Å². The Balaban J connectivity index is 1.90. The lowest BCUT2D eigenvalue weighted by Gasteiger charge is -2.17. The van der Waals surface area contributed by atoms with Crippen LogP contribution in [0.25, 0.3) is 5.69 Å². The molecule has 1 aliphatic heterocycles. The third kappa shape index (κ3) is 4.18. The molecule has 0 aliphatic carbocycles. The van der Waals surface area contributed by atoms with Crippen molar-refractivity contribution in [1.82, 2.24) is 19.2 Å². The monoisotopic (exact) mass is 438 g/mol. The van der Waals surface area contributed by atoms with Crippen LogP contribution < -0.4 is 11.2 Å². The lowest BCUT2D eigenvalue weighted by atomic mass is 10.1. The van der Waals surface area contributed by atoms with E-state index >= 15 is 0 Å². The second-order valence-electron chi connectivity index (χ2n) is 7.86. The Labute approximate surface area is 184 Å². The van der Waals surface area contributed by atoms with Crippen LogP contribution in [0.4, 0.5) is 0 Å². The van der Waals surface area contributed by atoms with Crippen molar-refractivity contribution in [2.75, 3.05) is 13.1 Å². The fourth-order valence-electron chi connectivity index (χ4n) is 3.73. The second-order valence-corrected chi connectivity index (χ2v) is 8.26. The van der Waals surface area contributed by atoms with Crippen molar-refractivity contribution in [3.05, 3.63) is 90.7 Å². The van der Waals surface area contributed by atoms with Crippen LogP contribution in [0.3, 0.4) is 0 Å². The normalized spacial score (nSPS) is 13.6. The Hall–Kier alpha value is -3.19. The second kappa shape index (κ2) is 8.51. The third-order valence-corrected chi connectivity index (χ3v) is 5.89. The summed E-state index contributed by atoms with van der Waals surface area (Å²) in [5.41, 5.74) is 1.49. The van der Waals surface area contributed by atoms with Gasteiger partial charge in [0, 0.05) is 18.1 Å². The Morgan fingerprint density at radius 1 is 1.06 bits per heavy atom. The van der Waals surface area contributed by atoms with E-state index in [0.29, 0.717) is 23.8 Å². The van der Waals surface area contributed by atoms with Crippen molar-refractivity contribution >= 4 is 17.5 Å². The van der Waals surface area contributed by atoms with E-state index in [0.717, 1.165) is 38.8 Å². The Morgan fingerprint density at radius 2 is 1.81 bits per heavy atom. The summed E-state index contributed by atoms with van der Waals surface area (Å²) in [6.45, 7) is 4.99. The van der Waals surface area contributed by atoms with Gasteiger partial charge >= 0.3 is 5.69 Å². The molecule has 1 aliphatic rings. The van der Waals surface area contributed by atoms with Gasteiger partial charge in [0.15, 0.2) is 0 Å². The summed E-state index contributed by atoms with van der Waals surface area (Å²) in [7, 11) is 0. The minimum absolute atomic E-state index is 0.0434. The number of aryl methyl sites for hydroxylation is 2. The first-order valence-electron chi connectivity index (χ1n) is 10.2. The van der Waals surface area contributed by atoms with Crippen LogP contribution in [0.2, 0.25) is 5.02 Å². The molecule has 2 aromatic carbocycles. The predicted octanol–water partition coefficient (Wildman–Crippen LogP) is 2.95. The van der Waals surface area contributed by atoms with Crippen molar-refractivity contribution < 1.29 is 4.79 Å². The summed E-state index contributed by atoms with van der Waals surface area (Å²) in [5, 5.41) is 4.67.